The molecule has 0 aliphatic heterocycles. The molecule has 3 heteroatoms. The predicted octanol–water partition coefficient (Wildman–Crippen LogP) is 1.07. The van der Waals surface area contributed by atoms with E-state index in [9.17, 15) is 0 Å². The first-order valence-corrected chi connectivity index (χ1v) is 3.46. The van der Waals surface area contributed by atoms with Crippen LogP contribution in [0.2, 0.25) is 0 Å². The van der Waals surface area contributed by atoms with Crippen LogP contribution in [0.15, 0.2) is 12.3 Å². The zero-order chi connectivity index (χ0) is 7.56. The Morgan fingerprint density at radius 1 is 1.60 bits per heavy atom. The summed E-state index contributed by atoms with van der Waals surface area (Å²) in [5.41, 5.74) is 6.82. The van der Waals surface area contributed by atoms with Gasteiger partial charge in [-0.2, -0.15) is 5.10 Å². The van der Waals surface area contributed by atoms with E-state index in [1.165, 1.54) is 0 Å². The van der Waals surface area contributed by atoms with Crippen molar-refractivity contribution in [3.8, 4) is 0 Å². The van der Waals surface area contributed by atoms with Gasteiger partial charge in [-0.25, -0.2) is 0 Å². The summed E-state index contributed by atoms with van der Waals surface area (Å²) >= 11 is 0. The fourth-order valence-electron chi connectivity index (χ4n) is 0.811. The molecule has 0 aliphatic carbocycles. The highest BCUT2D eigenvalue weighted by atomic mass is 15.1. The SMILES string of the molecule is CC(C)C(N)c1ccn[nH]1. The van der Waals surface area contributed by atoms with Crippen LogP contribution in [0.3, 0.4) is 0 Å². The summed E-state index contributed by atoms with van der Waals surface area (Å²) in [4.78, 5) is 0. The second-order valence-electron chi connectivity index (χ2n) is 2.78. The van der Waals surface area contributed by atoms with Gasteiger partial charge in [0.25, 0.3) is 0 Å². The molecule has 1 heterocycles. The van der Waals surface area contributed by atoms with Gasteiger partial charge in [0, 0.05) is 12.2 Å². The largest absolute Gasteiger partial charge is 0.322 e. The molecule has 3 nitrogen and oxygen atoms in total. The molecule has 0 amide bonds. The summed E-state index contributed by atoms with van der Waals surface area (Å²) in [5, 5.41) is 6.66. The summed E-state index contributed by atoms with van der Waals surface area (Å²) < 4.78 is 0. The van der Waals surface area contributed by atoms with Gasteiger partial charge in [0.2, 0.25) is 0 Å². The van der Waals surface area contributed by atoms with E-state index < -0.39 is 0 Å². The molecule has 3 N–H and O–H groups in total. The summed E-state index contributed by atoms with van der Waals surface area (Å²) in [6, 6.07) is 1.99. The number of hydrogen-bond donors (Lipinski definition) is 2. The lowest BCUT2D eigenvalue weighted by Crippen LogP contribution is -2.16. The molecule has 1 aromatic rings. The molecule has 1 aromatic heterocycles. The number of nitrogens with one attached hydrogen (secondary N) is 1. The molecule has 0 aromatic carbocycles. The highest BCUT2D eigenvalue weighted by molar-refractivity contribution is 5.03. The number of H-pyrrole nitrogens is 1. The molecule has 1 unspecified atom stereocenters. The maximum atomic E-state index is 5.81. The summed E-state index contributed by atoms with van der Waals surface area (Å²) in [6.07, 6.45) is 1.72. The Bertz CT molecular complexity index is 179. The van der Waals surface area contributed by atoms with Gasteiger partial charge < -0.3 is 5.73 Å². The first-order valence-electron chi connectivity index (χ1n) is 3.46. The molecule has 0 saturated carbocycles. The standard InChI is InChI=1S/C7H13N3/c1-5(2)7(8)6-3-4-9-10-6/h3-5,7H,8H2,1-2H3,(H,9,10). The number of aromatic amines is 1. The fourth-order valence-corrected chi connectivity index (χ4v) is 0.811. The molecule has 10 heavy (non-hydrogen) atoms. The maximum Gasteiger partial charge on any atom is 0.0521 e. The Kier molecular flexibility index (Phi) is 2.06. The molecule has 56 valence electrons. The highest BCUT2D eigenvalue weighted by Gasteiger charge is 2.10. The molecule has 0 saturated heterocycles. The van der Waals surface area contributed by atoms with Crippen molar-refractivity contribution in [3.05, 3.63) is 18.0 Å². The zero-order valence-corrected chi connectivity index (χ0v) is 6.33. The van der Waals surface area contributed by atoms with E-state index in [-0.39, 0.29) is 6.04 Å². The molecule has 0 radical (unpaired) electrons. The molecule has 0 spiro atoms. The number of aromatic nitrogens is 2. The third-order valence-electron chi connectivity index (χ3n) is 1.60. The third kappa shape index (κ3) is 1.36. The molecule has 1 atom stereocenters. The summed E-state index contributed by atoms with van der Waals surface area (Å²) in [7, 11) is 0. The Balaban J connectivity index is 2.68. The van der Waals surface area contributed by atoms with E-state index in [0.29, 0.717) is 5.92 Å². The van der Waals surface area contributed by atoms with Crippen molar-refractivity contribution < 1.29 is 0 Å². The fraction of sp³-hybridized carbons (Fsp3) is 0.571. The summed E-state index contributed by atoms with van der Waals surface area (Å²) in [6.45, 7) is 4.18. The first-order chi connectivity index (χ1) is 4.72. The van der Waals surface area contributed by atoms with Crippen LogP contribution in [-0.2, 0) is 0 Å². The Hall–Kier alpha value is -0.830. The smallest absolute Gasteiger partial charge is 0.0521 e. The van der Waals surface area contributed by atoms with E-state index in [4.69, 9.17) is 5.73 Å². The van der Waals surface area contributed by atoms with Crippen molar-refractivity contribution in [2.45, 2.75) is 19.9 Å². The number of nitrogens with zero attached hydrogens (tertiary/aromatic N) is 1. The van der Waals surface area contributed by atoms with E-state index >= 15 is 0 Å². The van der Waals surface area contributed by atoms with E-state index in [2.05, 4.69) is 24.0 Å². The first kappa shape index (κ1) is 7.28. The third-order valence-corrected chi connectivity index (χ3v) is 1.60. The van der Waals surface area contributed by atoms with Crippen LogP contribution in [0.4, 0.5) is 0 Å². The maximum absolute atomic E-state index is 5.81. The number of hydrogen-bond acceptors (Lipinski definition) is 2. The Morgan fingerprint density at radius 2 is 2.30 bits per heavy atom. The molecule has 0 bridgehead atoms. The lowest BCUT2D eigenvalue weighted by atomic mass is 10.0. The van der Waals surface area contributed by atoms with E-state index in [1.807, 2.05) is 6.07 Å². The van der Waals surface area contributed by atoms with Crippen molar-refractivity contribution >= 4 is 0 Å². The molecule has 0 aliphatic rings. The topological polar surface area (TPSA) is 54.7 Å². The lowest BCUT2D eigenvalue weighted by molar-refractivity contribution is 0.502. The molecule has 0 fully saturated rings. The minimum absolute atomic E-state index is 0.0856. The van der Waals surface area contributed by atoms with E-state index in [1.54, 1.807) is 6.20 Å². The molecular formula is C7H13N3. The van der Waals surface area contributed by atoms with Crippen molar-refractivity contribution in [2.75, 3.05) is 0 Å². The quantitative estimate of drug-likeness (QED) is 0.643. The van der Waals surface area contributed by atoms with E-state index in [0.717, 1.165) is 5.69 Å². The van der Waals surface area contributed by atoms with Crippen LogP contribution in [-0.4, -0.2) is 10.2 Å². The second kappa shape index (κ2) is 2.84. The minimum Gasteiger partial charge on any atom is -0.322 e. The van der Waals surface area contributed by atoms with Gasteiger partial charge in [0.1, 0.15) is 0 Å². The second-order valence-corrected chi connectivity index (χ2v) is 2.78. The Morgan fingerprint density at radius 3 is 2.70 bits per heavy atom. The molecular weight excluding hydrogens is 126 g/mol. The average Bonchev–Trinajstić information content (AvgIpc) is 2.36. The predicted molar refractivity (Wildman–Crippen MR) is 40.4 cm³/mol. The zero-order valence-electron chi connectivity index (χ0n) is 6.33. The molecule has 1 rings (SSSR count). The van der Waals surface area contributed by atoms with Crippen molar-refractivity contribution in [2.24, 2.45) is 11.7 Å². The highest BCUT2D eigenvalue weighted by Crippen LogP contribution is 2.14. The number of rotatable bonds is 2. The van der Waals surface area contributed by atoms with Gasteiger partial charge in [-0.15, -0.1) is 0 Å². The van der Waals surface area contributed by atoms with Gasteiger partial charge in [0.05, 0.1) is 5.69 Å². The van der Waals surface area contributed by atoms with Gasteiger partial charge >= 0.3 is 0 Å². The van der Waals surface area contributed by atoms with Crippen LogP contribution in [0.1, 0.15) is 25.6 Å². The lowest BCUT2D eigenvalue weighted by Gasteiger charge is -2.12. The number of nitrogens with two attached hydrogens (primary N) is 1. The minimum atomic E-state index is 0.0856. The van der Waals surface area contributed by atoms with Gasteiger partial charge in [0.15, 0.2) is 0 Å². The Labute approximate surface area is 60.6 Å². The monoisotopic (exact) mass is 139 g/mol. The van der Waals surface area contributed by atoms with Crippen LogP contribution in [0.25, 0.3) is 0 Å². The van der Waals surface area contributed by atoms with Crippen LogP contribution >= 0.6 is 0 Å². The van der Waals surface area contributed by atoms with Gasteiger partial charge in [-0.3, -0.25) is 5.10 Å². The van der Waals surface area contributed by atoms with Gasteiger partial charge in [-0.1, -0.05) is 13.8 Å². The van der Waals surface area contributed by atoms with Crippen LogP contribution in [0, 0.1) is 5.92 Å². The summed E-state index contributed by atoms with van der Waals surface area (Å²) in [5.74, 6) is 0.459. The average molecular weight is 139 g/mol. The van der Waals surface area contributed by atoms with Crippen molar-refractivity contribution in [3.63, 3.8) is 0 Å². The van der Waals surface area contributed by atoms with Gasteiger partial charge in [-0.05, 0) is 12.0 Å². The normalized spacial score (nSPS) is 14.0. The van der Waals surface area contributed by atoms with Crippen LogP contribution < -0.4 is 5.73 Å². The van der Waals surface area contributed by atoms with Crippen LogP contribution in [0.5, 0.6) is 0 Å². The van der Waals surface area contributed by atoms with Crippen molar-refractivity contribution in [1.29, 1.82) is 0 Å². The van der Waals surface area contributed by atoms with Crippen molar-refractivity contribution in [1.82, 2.24) is 10.2 Å².